The monoisotopic (exact) mass is 215 g/mol. The van der Waals surface area contributed by atoms with Gasteiger partial charge >= 0.3 is 5.37 Å². The molecule has 0 atom stereocenters. The van der Waals surface area contributed by atoms with Gasteiger partial charge in [-0.3, -0.25) is 4.79 Å². The van der Waals surface area contributed by atoms with Crippen LogP contribution in [0.25, 0.3) is 0 Å². The van der Waals surface area contributed by atoms with Crippen LogP contribution in [0.5, 0.6) is 0 Å². The van der Waals surface area contributed by atoms with Crippen molar-refractivity contribution >= 4 is 28.3 Å². The van der Waals surface area contributed by atoms with Gasteiger partial charge in [0.15, 0.2) is 0 Å². The number of hydrogen-bond donors (Lipinski definition) is 0. The Balaban J connectivity index is 2.01. The molecule has 1 aliphatic carbocycles. The van der Waals surface area contributed by atoms with Crippen LogP contribution in [0.15, 0.2) is 16.8 Å². The highest BCUT2D eigenvalue weighted by Crippen LogP contribution is 2.29. The zero-order chi connectivity index (χ0) is 9.26. The van der Waals surface area contributed by atoms with Gasteiger partial charge in [-0.25, -0.2) is 0 Å². The Morgan fingerprint density at radius 1 is 1.69 bits per heavy atom. The van der Waals surface area contributed by atoms with Crippen LogP contribution in [0.3, 0.4) is 0 Å². The molecule has 1 aromatic heterocycles. The number of carbonyl (C=O) groups is 1. The normalized spacial score (nSPS) is 15.8. The lowest BCUT2D eigenvalue weighted by molar-refractivity contribution is 0.216. The molecule has 1 aromatic rings. The van der Waals surface area contributed by atoms with Crippen molar-refractivity contribution in [2.75, 3.05) is 0 Å². The molecule has 0 bridgehead atoms. The topological polar surface area (TPSA) is 20.3 Å². The lowest BCUT2D eigenvalue weighted by Gasteiger charge is -2.17. The number of carbonyl (C=O) groups excluding carboxylic acids is 1. The molecule has 0 radical (unpaired) electrons. The second-order valence-corrected chi connectivity index (χ2v) is 4.35. The summed E-state index contributed by atoms with van der Waals surface area (Å²) in [5.41, 5.74) is 1.17. The molecule has 13 heavy (non-hydrogen) atoms. The fourth-order valence-electron chi connectivity index (χ4n) is 1.30. The highest BCUT2D eigenvalue weighted by Gasteiger charge is 2.31. The van der Waals surface area contributed by atoms with Crippen molar-refractivity contribution in [1.29, 1.82) is 0 Å². The molecule has 0 saturated heterocycles. The molecule has 1 amide bonds. The van der Waals surface area contributed by atoms with E-state index in [1.807, 2.05) is 11.4 Å². The van der Waals surface area contributed by atoms with Gasteiger partial charge in [0.2, 0.25) is 0 Å². The Morgan fingerprint density at radius 2 is 2.46 bits per heavy atom. The van der Waals surface area contributed by atoms with Crippen molar-refractivity contribution in [2.24, 2.45) is 0 Å². The molecule has 0 aromatic carbocycles. The van der Waals surface area contributed by atoms with E-state index >= 15 is 0 Å². The first kappa shape index (κ1) is 9.03. The van der Waals surface area contributed by atoms with Gasteiger partial charge in [-0.05, 0) is 46.8 Å². The van der Waals surface area contributed by atoms with E-state index in [-0.39, 0.29) is 5.37 Å². The van der Waals surface area contributed by atoms with Crippen molar-refractivity contribution in [3.63, 3.8) is 0 Å². The van der Waals surface area contributed by atoms with Crippen LogP contribution in [0.2, 0.25) is 0 Å². The van der Waals surface area contributed by atoms with E-state index in [2.05, 4.69) is 5.38 Å². The molecule has 1 heterocycles. The van der Waals surface area contributed by atoms with Crippen LogP contribution in [-0.4, -0.2) is 16.3 Å². The Kier molecular flexibility index (Phi) is 2.56. The highest BCUT2D eigenvalue weighted by molar-refractivity contribution is 7.07. The van der Waals surface area contributed by atoms with Gasteiger partial charge in [-0.1, -0.05) is 0 Å². The van der Waals surface area contributed by atoms with Gasteiger partial charge in [0.25, 0.3) is 0 Å². The Morgan fingerprint density at radius 3 is 2.92 bits per heavy atom. The quantitative estimate of drug-likeness (QED) is 0.561. The Labute approximate surface area is 86.1 Å². The third-order valence-electron chi connectivity index (χ3n) is 2.15. The molecule has 0 spiro atoms. The third-order valence-corrected chi connectivity index (χ3v) is 3.10. The van der Waals surface area contributed by atoms with Gasteiger partial charge in [0, 0.05) is 12.6 Å². The average molecular weight is 216 g/mol. The van der Waals surface area contributed by atoms with Crippen LogP contribution < -0.4 is 0 Å². The fraction of sp³-hybridized carbons (Fsp3) is 0.444. The van der Waals surface area contributed by atoms with Crippen molar-refractivity contribution in [3.05, 3.63) is 22.4 Å². The van der Waals surface area contributed by atoms with E-state index in [4.69, 9.17) is 11.6 Å². The summed E-state index contributed by atoms with van der Waals surface area (Å²) in [6.07, 6.45) is 2.20. The summed E-state index contributed by atoms with van der Waals surface area (Å²) in [5, 5.41) is 3.74. The number of thiophene rings is 1. The van der Waals surface area contributed by atoms with E-state index in [0.717, 1.165) is 12.8 Å². The van der Waals surface area contributed by atoms with Gasteiger partial charge in [-0.2, -0.15) is 11.3 Å². The minimum atomic E-state index is -0.325. The Bertz CT molecular complexity index is 295. The first-order chi connectivity index (χ1) is 6.27. The standard InChI is InChI=1S/C9H10ClNOS/c10-9(12)11(8-1-2-8)5-7-3-4-13-6-7/h3-4,6,8H,1-2,5H2. The first-order valence-electron chi connectivity index (χ1n) is 4.24. The first-order valence-corrected chi connectivity index (χ1v) is 5.56. The van der Waals surface area contributed by atoms with E-state index in [9.17, 15) is 4.79 Å². The second-order valence-electron chi connectivity index (χ2n) is 3.24. The molecule has 2 nitrogen and oxygen atoms in total. The molecule has 1 saturated carbocycles. The van der Waals surface area contributed by atoms with Crippen molar-refractivity contribution < 1.29 is 4.79 Å². The van der Waals surface area contributed by atoms with E-state index in [1.165, 1.54) is 5.56 Å². The number of rotatable bonds is 3. The van der Waals surface area contributed by atoms with Crippen LogP contribution in [0, 0.1) is 0 Å². The zero-order valence-electron chi connectivity index (χ0n) is 7.07. The molecule has 1 fully saturated rings. The third kappa shape index (κ3) is 2.23. The highest BCUT2D eigenvalue weighted by atomic mass is 35.5. The summed E-state index contributed by atoms with van der Waals surface area (Å²) in [4.78, 5) is 12.8. The van der Waals surface area contributed by atoms with Gasteiger partial charge in [0.05, 0.1) is 0 Å². The maximum atomic E-state index is 11.0. The maximum absolute atomic E-state index is 11.0. The minimum absolute atomic E-state index is 0.325. The summed E-state index contributed by atoms with van der Waals surface area (Å²) in [6, 6.07) is 2.42. The van der Waals surface area contributed by atoms with Crippen LogP contribution in [0.1, 0.15) is 18.4 Å². The molecule has 2 rings (SSSR count). The summed E-state index contributed by atoms with van der Waals surface area (Å²) in [6.45, 7) is 0.663. The van der Waals surface area contributed by atoms with Gasteiger partial charge in [-0.15, -0.1) is 0 Å². The molecule has 0 aliphatic heterocycles. The van der Waals surface area contributed by atoms with E-state index < -0.39 is 0 Å². The molecule has 0 unspecified atom stereocenters. The van der Waals surface area contributed by atoms with Crippen LogP contribution in [0.4, 0.5) is 4.79 Å². The number of hydrogen-bond acceptors (Lipinski definition) is 2. The average Bonchev–Trinajstić information content (AvgIpc) is 2.79. The smallest absolute Gasteiger partial charge is 0.316 e. The molecular formula is C9H10ClNOS. The van der Waals surface area contributed by atoms with Gasteiger partial charge in [0.1, 0.15) is 0 Å². The molecule has 1 aliphatic rings. The second kappa shape index (κ2) is 3.68. The summed E-state index contributed by atoms with van der Waals surface area (Å²) in [7, 11) is 0. The summed E-state index contributed by atoms with van der Waals surface area (Å²) < 4.78 is 0. The lowest BCUT2D eigenvalue weighted by atomic mass is 10.3. The predicted molar refractivity (Wildman–Crippen MR) is 54.1 cm³/mol. The van der Waals surface area contributed by atoms with Crippen LogP contribution >= 0.6 is 22.9 Å². The van der Waals surface area contributed by atoms with Crippen LogP contribution in [-0.2, 0) is 6.54 Å². The zero-order valence-corrected chi connectivity index (χ0v) is 8.64. The number of nitrogens with zero attached hydrogens (tertiary/aromatic N) is 1. The predicted octanol–water partition coefficient (Wildman–Crippen LogP) is 3.07. The van der Waals surface area contributed by atoms with Crippen molar-refractivity contribution in [2.45, 2.75) is 25.4 Å². The molecular weight excluding hydrogens is 206 g/mol. The lowest BCUT2D eigenvalue weighted by Crippen LogP contribution is -2.27. The summed E-state index contributed by atoms with van der Waals surface area (Å²) in [5.74, 6) is 0. The van der Waals surface area contributed by atoms with Gasteiger partial charge < -0.3 is 4.90 Å². The molecule has 0 N–H and O–H groups in total. The van der Waals surface area contributed by atoms with Crippen molar-refractivity contribution in [3.8, 4) is 0 Å². The number of amides is 1. The van der Waals surface area contributed by atoms with Crippen molar-refractivity contribution in [1.82, 2.24) is 4.90 Å². The SMILES string of the molecule is O=C(Cl)N(Cc1ccsc1)C1CC1. The molecule has 70 valence electrons. The Hall–Kier alpha value is -0.540. The number of halogens is 1. The largest absolute Gasteiger partial charge is 0.322 e. The summed E-state index contributed by atoms with van der Waals surface area (Å²) >= 11 is 7.13. The van der Waals surface area contributed by atoms with E-state index in [1.54, 1.807) is 16.2 Å². The maximum Gasteiger partial charge on any atom is 0.316 e. The fourth-order valence-corrected chi connectivity index (χ4v) is 2.16. The van der Waals surface area contributed by atoms with E-state index in [0.29, 0.717) is 12.6 Å². The molecule has 4 heteroatoms. The minimum Gasteiger partial charge on any atom is -0.322 e.